The smallest absolute Gasteiger partial charge is 0.0113 e. The second-order valence-electron chi connectivity index (χ2n) is 5.37. The minimum absolute atomic E-state index is 0.756. The first kappa shape index (κ1) is 13.0. The van der Waals surface area contributed by atoms with Crippen LogP contribution in [-0.2, 0) is 0 Å². The van der Waals surface area contributed by atoms with Crippen LogP contribution in [0.25, 0.3) is 0 Å². The molecular weight excluding hydrogens is 184 g/mol. The topological polar surface area (TPSA) is 15.3 Å². The van der Waals surface area contributed by atoms with E-state index in [-0.39, 0.29) is 0 Å². The number of piperidine rings is 1. The summed E-state index contributed by atoms with van der Waals surface area (Å²) in [7, 11) is 2.29. The largest absolute Gasteiger partial charge is 0.316 e. The first-order valence-corrected chi connectivity index (χ1v) is 6.56. The predicted octanol–water partition coefficient (Wildman–Crippen LogP) is 2.35. The molecule has 1 aliphatic heterocycles. The molecule has 90 valence electrons. The van der Waals surface area contributed by atoms with Crippen molar-refractivity contribution < 1.29 is 0 Å². The highest BCUT2D eigenvalue weighted by Gasteiger charge is 2.21. The third-order valence-corrected chi connectivity index (χ3v) is 3.70. The van der Waals surface area contributed by atoms with E-state index < -0.39 is 0 Å². The molecule has 0 bridgehead atoms. The molecular formula is C13H28N2. The minimum atomic E-state index is 0.756. The highest BCUT2D eigenvalue weighted by molar-refractivity contribution is 4.76. The van der Waals surface area contributed by atoms with Gasteiger partial charge in [0.1, 0.15) is 0 Å². The summed E-state index contributed by atoms with van der Waals surface area (Å²) >= 11 is 0. The van der Waals surface area contributed by atoms with E-state index in [1.165, 1.54) is 38.9 Å². The first-order valence-electron chi connectivity index (χ1n) is 6.56. The van der Waals surface area contributed by atoms with Crippen molar-refractivity contribution in [2.24, 2.45) is 11.8 Å². The molecule has 1 rings (SSSR count). The van der Waals surface area contributed by atoms with Crippen LogP contribution in [0.2, 0.25) is 0 Å². The van der Waals surface area contributed by atoms with E-state index in [1.807, 2.05) is 0 Å². The molecule has 0 saturated carbocycles. The molecule has 2 unspecified atom stereocenters. The quantitative estimate of drug-likeness (QED) is 0.752. The Balaban J connectivity index is 2.34. The van der Waals surface area contributed by atoms with Gasteiger partial charge in [-0.3, -0.25) is 0 Å². The zero-order chi connectivity index (χ0) is 11.3. The maximum absolute atomic E-state index is 3.50. The summed E-state index contributed by atoms with van der Waals surface area (Å²) in [6.45, 7) is 10.7. The van der Waals surface area contributed by atoms with Gasteiger partial charge in [0.05, 0.1) is 0 Å². The number of nitrogens with zero attached hydrogens (tertiary/aromatic N) is 1. The summed E-state index contributed by atoms with van der Waals surface area (Å²) in [4.78, 5) is 2.57. The van der Waals surface area contributed by atoms with Crippen molar-refractivity contribution in [1.29, 1.82) is 0 Å². The van der Waals surface area contributed by atoms with Gasteiger partial charge in [0.15, 0.2) is 0 Å². The average Bonchev–Trinajstić information content (AvgIpc) is 2.19. The molecule has 2 atom stereocenters. The van der Waals surface area contributed by atoms with Crippen LogP contribution in [0.1, 0.15) is 40.0 Å². The summed E-state index contributed by atoms with van der Waals surface area (Å²) in [5.41, 5.74) is 0. The van der Waals surface area contributed by atoms with Crippen molar-refractivity contribution in [1.82, 2.24) is 10.2 Å². The van der Waals surface area contributed by atoms with Gasteiger partial charge in [0.25, 0.3) is 0 Å². The predicted molar refractivity (Wildman–Crippen MR) is 67.1 cm³/mol. The van der Waals surface area contributed by atoms with Crippen LogP contribution in [0.3, 0.4) is 0 Å². The lowest BCUT2D eigenvalue weighted by atomic mass is 9.95. The first-order chi connectivity index (χ1) is 7.15. The molecule has 1 fully saturated rings. The number of rotatable bonds is 5. The van der Waals surface area contributed by atoms with Crippen LogP contribution in [0.4, 0.5) is 0 Å². The van der Waals surface area contributed by atoms with Crippen molar-refractivity contribution in [3.63, 3.8) is 0 Å². The monoisotopic (exact) mass is 212 g/mol. The van der Waals surface area contributed by atoms with E-state index in [9.17, 15) is 0 Å². The Labute approximate surface area is 95.4 Å². The van der Waals surface area contributed by atoms with E-state index >= 15 is 0 Å². The second-order valence-corrected chi connectivity index (χ2v) is 5.37. The van der Waals surface area contributed by atoms with E-state index in [4.69, 9.17) is 0 Å². The van der Waals surface area contributed by atoms with Gasteiger partial charge in [-0.15, -0.1) is 0 Å². The minimum Gasteiger partial charge on any atom is -0.316 e. The molecule has 2 heteroatoms. The van der Waals surface area contributed by atoms with E-state index in [2.05, 4.69) is 38.0 Å². The Bertz CT molecular complexity index is 162. The van der Waals surface area contributed by atoms with E-state index in [1.54, 1.807) is 0 Å². The van der Waals surface area contributed by atoms with Crippen molar-refractivity contribution in [3.05, 3.63) is 0 Å². The zero-order valence-corrected chi connectivity index (χ0v) is 10.9. The zero-order valence-electron chi connectivity index (χ0n) is 10.9. The Morgan fingerprint density at radius 2 is 2.13 bits per heavy atom. The molecule has 0 amide bonds. The Hall–Kier alpha value is -0.0800. The third-order valence-electron chi connectivity index (χ3n) is 3.70. The highest BCUT2D eigenvalue weighted by Crippen LogP contribution is 2.17. The number of nitrogens with one attached hydrogen (secondary N) is 1. The lowest BCUT2D eigenvalue weighted by Crippen LogP contribution is -2.42. The second kappa shape index (κ2) is 6.49. The van der Waals surface area contributed by atoms with Gasteiger partial charge in [-0.05, 0) is 51.2 Å². The van der Waals surface area contributed by atoms with Gasteiger partial charge in [0.2, 0.25) is 0 Å². The van der Waals surface area contributed by atoms with Crippen molar-refractivity contribution in [2.45, 2.75) is 46.1 Å². The molecule has 0 aliphatic carbocycles. The molecule has 0 spiro atoms. The number of hydrogen-bond donors (Lipinski definition) is 1. The molecule has 1 saturated heterocycles. The summed E-state index contributed by atoms with van der Waals surface area (Å²) < 4.78 is 0. The Kier molecular flexibility index (Phi) is 5.62. The lowest BCUT2D eigenvalue weighted by molar-refractivity contribution is 0.150. The van der Waals surface area contributed by atoms with Crippen LogP contribution in [0, 0.1) is 11.8 Å². The molecule has 0 aromatic rings. The van der Waals surface area contributed by atoms with Gasteiger partial charge >= 0.3 is 0 Å². The normalized spacial score (nSPS) is 24.8. The lowest BCUT2D eigenvalue weighted by Gasteiger charge is -2.34. The highest BCUT2D eigenvalue weighted by atomic mass is 15.1. The fraction of sp³-hybridized carbons (Fsp3) is 1.00. The fourth-order valence-electron chi connectivity index (χ4n) is 2.91. The fourth-order valence-corrected chi connectivity index (χ4v) is 2.91. The Morgan fingerprint density at radius 3 is 2.60 bits per heavy atom. The number of hydrogen-bond acceptors (Lipinski definition) is 2. The molecule has 0 aromatic carbocycles. The molecule has 1 heterocycles. The van der Waals surface area contributed by atoms with Crippen LogP contribution >= 0.6 is 0 Å². The van der Waals surface area contributed by atoms with Gasteiger partial charge in [-0.25, -0.2) is 0 Å². The summed E-state index contributed by atoms with van der Waals surface area (Å²) in [6, 6.07) is 0.756. The average molecular weight is 212 g/mol. The molecule has 0 aromatic heterocycles. The Morgan fingerprint density at radius 1 is 1.40 bits per heavy atom. The molecule has 0 radical (unpaired) electrons. The standard InChI is InChI=1S/C13H28N2/c1-5-13(11(2)3)15(4)10-12-7-6-8-14-9-12/h11-14H,5-10H2,1-4H3. The van der Waals surface area contributed by atoms with Gasteiger partial charge in [0, 0.05) is 12.6 Å². The maximum atomic E-state index is 3.50. The van der Waals surface area contributed by atoms with Gasteiger partial charge in [-0.2, -0.15) is 0 Å². The molecule has 1 N–H and O–H groups in total. The van der Waals surface area contributed by atoms with Gasteiger partial charge < -0.3 is 10.2 Å². The van der Waals surface area contributed by atoms with Crippen LogP contribution in [0.5, 0.6) is 0 Å². The SMILES string of the molecule is CCC(C(C)C)N(C)CC1CCCNC1. The van der Waals surface area contributed by atoms with E-state index in [0.29, 0.717) is 0 Å². The van der Waals surface area contributed by atoms with Crippen LogP contribution < -0.4 is 5.32 Å². The van der Waals surface area contributed by atoms with Crippen molar-refractivity contribution in [3.8, 4) is 0 Å². The van der Waals surface area contributed by atoms with Crippen molar-refractivity contribution in [2.75, 3.05) is 26.7 Å². The summed E-state index contributed by atoms with van der Waals surface area (Å²) in [6.07, 6.45) is 4.04. The van der Waals surface area contributed by atoms with E-state index in [0.717, 1.165) is 17.9 Å². The molecule has 15 heavy (non-hydrogen) atoms. The summed E-state index contributed by atoms with van der Waals surface area (Å²) in [5.74, 6) is 1.65. The van der Waals surface area contributed by atoms with Gasteiger partial charge in [-0.1, -0.05) is 20.8 Å². The molecule has 2 nitrogen and oxygen atoms in total. The molecule has 1 aliphatic rings. The van der Waals surface area contributed by atoms with Crippen molar-refractivity contribution >= 4 is 0 Å². The van der Waals surface area contributed by atoms with Crippen LogP contribution in [0.15, 0.2) is 0 Å². The third kappa shape index (κ3) is 4.12. The maximum Gasteiger partial charge on any atom is 0.0113 e. The summed E-state index contributed by atoms with van der Waals surface area (Å²) in [5, 5.41) is 3.50. The van der Waals surface area contributed by atoms with Crippen LogP contribution in [-0.4, -0.2) is 37.6 Å².